The van der Waals surface area contributed by atoms with Crippen LogP contribution in [0.1, 0.15) is 62.7 Å². The molecule has 1 heterocycles. The number of imidazole rings is 1. The summed E-state index contributed by atoms with van der Waals surface area (Å²) >= 11 is 12.7. The Labute approximate surface area is 265 Å². The summed E-state index contributed by atoms with van der Waals surface area (Å²) in [6.07, 6.45) is 7.76. The molecule has 0 spiro atoms. The first-order valence-corrected chi connectivity index (χ1v) is 15.0. The first-order valence-electron chi connectivity index (χ1n) is 14.2. The zero-order valence-corrected chi connectivity index (χ0v) is 25.3. The van der Waals surface area contributed by atoms with E-state index in [0.29, 0.717) is 16.6 Å². The van der Waals surface area contributed by atoms with Crippen LogP contribution in [0, 0.1) is 0 Å². The minimum atomic E-state index is -0.501. The Bertz CT molecular complexity index is 1660. The molecule has 4 nitrogen and oxygen atoms in total. The molecule has 0 bridgehead atoms. The van der Waals surface area contributed by atoms with Gasteiger partial charge in [-0.15, -0.1) is 0 Å². The summed E-state index contributed by atoms with van der Waals surface area (Å²) < 4.78 is 7.99. The maximum absolute atomic E-state index is 9.88. The van der Waals surface area contributed by atoms with Gasteiger partial charge >= 0.3 is 0 Å². The minimum absolute atomic E-state index is 0. The number of aliphatic hydroxyl groups is 1. The van der Waals surface area contributed by atoms with E-state index in [-0.39, 0.29) is 7.43 Å². The highest BCUT2D eigenvalue weighted by molar-refractivity contribution is 6.36. The summed E-state index contributed by atoms with van der Waals surface area (Å²) in [5.74, 6) is 1.70. The van der Waals surface area contributed by atoms with Gasteiger partial charge in [0.25, 0.3) is 0 Å². The van der Waals surface area contributed by atoms with E-state index in [0.717, 1.165) is 70.1 Å². The molecule has 0 aliphatic carbocycles. The molecule has 1 aromatic heterocycles. The van der Waals surface area contributed by atoms with Gasteiger partial charge in [-0.2, -0.15) is 0 Å². The van der Waals surface area contributed by atoms with E-state index in [1.807, 2.05) is 60.8 Å². The predicted octanol–water partition coefficient (Wildman–Crippen LogP) is 10.6. The Morgan fingerprint density at radius 2 is 1.67 bits per heavy atom. The second-order valence-corrected chi connectivity index (χ2v) is 11.2. The fourth-order valence-corrected chi connectivity index (χ4v) is 5.18. The fraction of sp³-hybridized carbons (Fsp3) is 0.216. The van der Waals surface area contributed by atoms with Crippen LogP contribution < -0.4 is 4.74 Å². The molecule has 0 amide bonds. The maximum atomic E-state index is 9.88. The standard InChI is InChI=1S/C36H34Cl2N2O2.CH4/c1-3-4-20-42-32-7-5-6-30(21-32)29-15-8-26(9-16-29)12-19-36-39-35(33-18-17-31(37)22-34(33)38)24-40(36)23-27-10-13-28(14-11-27)25(2)41;/h5-19,21-22,24-25,41H,3-4,20,23H2,1-2H3;1H4/b19-12+;. The van der Waals surface area contributed by atoms with Crippen molar-refractivity contribution in [1.29, 1.82) is 0 Å². The van der Waals surface area contributed by atoms with Crippen LogP contribution in [0.2, 0.25) is 10.0 Å². The SMILES string of the molecule is C.CCCCOc1cccc(-c2ccc(/C=C/c3nc(-c4ccc(Cl)cc4Cl)cn3Cc3ccc(C(C)O)cc3)cc2)c1. The molecular formula is C37H38Cl2N2O2. The second-order valence-electron chi connectivity index (χ2n) is 10.3. The zero-order chi connectivity index (χ0) is 29.5. The smallest absolute Gasteiger partial charge is 0.133 e. The van der Waals surface area contributed by atoms with Crippen molar-refractivity contribution in [2.24, 2.45) is 0 Å². The van der Waals surface area contributed by atoms with Crippen LogP contribution in [0.25, 0.3) is 34.5 Å². The molecule has 4 aromatic carbocycles. The van der Waals surface area contributed by atoms with Crippen molar-refractivity contribution in [3.8, 4) is 28.1 Å². The molecule has 0 aliphatic heterocycles. The number of benzene rings is 4. The van der Waals surface area contributed by atoms with E-state index in [4.69, 9.17) is 32.9 Å². The number of hydrogen-bond acceptors (Lipinski definition) is 3. The van der Waals surface area contributed by atoms with Gasteiger partial charge in [-0.25, -0.2) is 4.98 Å². The van der Waals surface area contributed by atoms with Crippen LogP contribution in [0.4, 0.5) is 0 Å². The van der Waals surface area contributed by atoms with Crippen molar-refractivity contribution in [2.45, 2.75) is 46.8 Å². The van der Waals surface area contributed by atoms with Gasteiger partial charge in [0.05, 0.1) is 23.4 Å². The third-order valence-electron chi connectivity index (χ3n) is 7.10. The quantitative estimate of drug-likeness (QED) is 0.151. The van der Waals surface area contributed by atoms with E-state index < -0.39 is 6.10 Å². The first kappa shape index (κ1) is 32.1. The number of rotatable bonds is 11. The van der Waals surface area contributed by atoms with Gasteiger partial charge in [-0.05, 0) is 77.6 Å². The van der Waals surface area contributed by atoms with Crippen LogP contribution in [0.15, 0.2) is 97.2 Å². The van der Waals surface area contributed by atoms with Crippen molar-refractivity contribution < 1.29 is 9.84 Å². The molecule has 0 radical (unpaired) electrons. The second kappa shape index (κ2) is 15.1. The highest BCUT2D eigenvalue weighted by Gasteiger charge is 2.12. The lowest BCUT2D eigenvalue weighted by atomic mass is 10.0. The molecule has 6 heteroatoms. The van der Waals surface area contributed by atoms with Crippen molar-refractivity contribution in [3.63, 3.8) is 0 Å². The monoisotopic (exact) mass is 612 g/mol. The third-order valence-corrected chi connectivity index (χ3v) is 7.65. The number of unbranched alkanes of at least 4 members (excludes halogenated alkanes) is 1. The number of halogens is 2. The lowest BCUT2D eigenvalue weighted by Gasteiger charge is -2.09. The summed E-state index contributed by atoms with van der Waals surface area (Å²) in [6, 6.07) is 30.1. The molecule has 1 N–H and O–H groups in total. The highest BCUT2D eigenvalue weighted by Crippen LogP contribution is 2.31. The van der Waals surface area contributed by atoms with Gasteiger partial charge in [0.2, 0.25) is 0 Å². The van der Waals surface area contributed by atoms with Crippen LogP contribution in [0.3, 0.4) is 0 Å². The molecule has 0 fully saturated rings. The lowest BCUT2D eigenvalue weighted by Crippen LogP contribution is -2.01. The average molecular weight is 614 g/mol. The van der Waals surface area contributed by atoms with E-state index in [2.05, 4.69) is 54.0 Å². The molecule has 0 saturated heterocycles. The lowest BCUT2D eigenvalue weighted by molar-refractivity contribution is 0.199. The maximum Gasteiger partial charge on any atom is 0.133 e. The fourth-order valence-electron chi connectivity index (χ4n) is 4.67. The van der Waals surface area contributed by atoms with Crippen LogP contribution in [0.5, 0.6) is 5.75 Å². The molecule has 222 valence electrons. The predicted molar refractivity (Wildman–Crippen MR) is 182 cm³/mol. The van der Waals surface area contributed by atoms with Gasteiger partial charge in [0.15, 0.2) is 0 Å². The zero-order valence-electron chi connectivity index (χ0n) is 23.8. The van der Waals surface area contributed by atoms with Crippen molar-refractivity contribution in [2.75, 3.05) is 6.61 Å². The van der Waals surface area contributed by atoms with E-state index in [1.54, 1.807) is 13.0 Å². The van der Waals surface area contributed by atoms with Crippen LogP contribution in [-0.2, 0) is 6.54 Å². The van der Waals surface area contributed by atoms with Crippen LogP contribution in [-0.4, -0.2) is 21.3 Å². The van der Waals surface area contributed by atoms with E-state index in [9.17, 15) is 5.11 Å². The Kier molecular flexibility index (Phi) is 11.2. The van der Waals surface area contributed by atoms with Crippen molar-refractivity contribution in [1.82, 2.24) is 9.55 Å². The summed E-state index contributed by atoms with van der Waals surface area (Å²) in [5.41, 5.74) is 6.91. The summed E-state index contributed by atoms with van der Waals surface area (Å²) in [5, 5.41) is 11.0. The van der Waals surface area contributed by atoms with Gasteiger partial charge in [-0.1, -0.05) is 111 Å². The average Bonchev–Trinajstić information content (AvgIpc) is 3.39. The molecule has 5 aromatic rings. The Morgan fingerprint density at radius 1 is 0.907 bits per heavy atom. The topological polar surface area (TPSA) is 47.3 Å². The normalized spacial score (nSPS) is 11.8. The van der Waals surface area contributed by atoms with Crippen molar-refractivity contribution >= 4 is 35.4 Å². The summed E-state index contributed by atoms with van der Waals surface area (Å²) in [6.45, 7) is 5.28. The van der Waals surface area contributed by atoms with Gasteiger partial charge < -0.3 is 14.4 Å². The number of ether oxygens (including phenoxy) is 1. The highest BCUT2D eigenvalue weighted by atomic mass is 35.5. The van der Waals surface area contributed by atoms with Crippen molar-refractivity contribution in [3.05, 3.63) is 130 Å². The Hall–Kier alpha value is -3.83. The Morgan fingerprint density at radius 3 is 2.37 bits per heavy atom. The molecule has 1 atom stereocenters. The molecule has 0 aliphatic rings. The Balaban J connectivity index is 0.00000423. The minimum Gasteiger partial charge on any atom is -0.494 e. The summed E-state index contributed by atoms with van der Waals surface area (Å²) in [7, 11) is 0. The van der Waals surface area contributed by atoms with E-state index >= 15 is 0 Å². The van der Waals surface area contributed by atoms with E-state index in [1.165, 1.54) is 0 Å². The van der Waals surface area contributed by atoms with Gasteiger partial charge in [-0.3, -0.25) is 0 Å². The molecule has 5 rings (SSSR count). The third kappa shape index (κ3) is 8.39. The summed E-state index contributed by atoms with van der Waals surface area (Å²) in [4.78, 5) is 4.93. The van der Waals surface area contributed by atoms with Gasteiger partial charge in [0, 0.05) is 23.3 Å². The molecular weight excluding hydrogens is 575 g/mol. The van der Waals surface area contributed by atoms with Crippen LogP contribution >= 0.6 is 23.2 Å². The number of aromatic nitrogens is 2. The molecule has 43 heavy (non-hydrogen) atoms. The molecule has 0 saturated carbocycles. The largest absolute Gasteiger partial charge is 0.494 e. The number of nitrogens with zero attached hydrogens (tertiary/aromatic N) is 2. The number of aliphatic hydroxyl groups excluding tert-OH is 1. The number of hydrogen-bond donors (Lipinski definition) is 1. The first-order chi connectivity index (χ1) is 20.4. The molecule has 1 unspecified atom stereocenters. The van der Waals surface area contributed by atoms with Gasteiger partial charge in [0.1, 0.15) is 11.6 Å².